The molecular weight excluding hydrogens is 323 g/mol. The van der Waals surface area contributed by atoms with Crippen LogP contribution in [0.25, 0.3) is 0 Å². The molecule has 3 nitrogen and oxygen atoms in total. The molecule has 5 heteroatoms. The molecule has 0 aliphatic rings. The van der Waals surface area contributed by atoms with E-state index in [4.69, 9.17) is 10.5 Å². The molecule has 0 bridgehead atoms. The van der Waals surface area contributed by atoms with Crippen molar-refractivity contribution in [1.29, 1.82) is 0 Å². The van der Waals surface area contributed by atoms with Crippen LogP contribution < -0.4 is 10.5 Å². The van der Waals surface area contributed by atoms with Crippen LogP contribution in [0, 0.1) is 5.82 Å². The molecule has 0 aliphatic carbocycles. The summed E-state index contributed by atoms with van der Waals surface area (Å²) >= 11 is 3.11. The zero-order valence-electron chi connectivity index (χ0n) is 11.2. The maximum absolute atomic E-state index is 13.5. The van der Waals surface area contributed by atoms with Crippen LogP contribution >= 0.6 is 15.9 Å². The van der Waals surface area contributed by atoms with Gasteiger partial charge in [0, 0.05) is 24.4 Å². The van der Waals surface area contributed by atoms with Crippen molar-refractivity contribution < 1.29 is 9.13 Å². The number of nitrogens with two attached hydrogens (primary N) is 1. The van der Waals surface area contributed by atoms with Crippen molar-refractivity contribution in [2.75, 3.05) is 0 Å². The molecule has 0 aliphatic heterocycles. The molecule has 0 unspecified atom stereocenters. The minimum absolute atomic E-state index is 0.369. The summed E-state index contributed by atoms with van der Waals surface area (Å²) in [6.45, 7) is 2.51. The minimum Gasteiger partial charge on any atom is -0.439 e. The quantitative estimate of drug-likeness (QED) is 0.889. The van der Waals surface area contributed by atoms with E-state index in [1.807, 2.05) is 6.07 Å². The van der Waals surface area contributed by atoms with Gasteiger partial charge in [-0.15, -0.1) is 0 Å². The lowest BCUT2D eigenvalue weighted by Crippen LogP contribution is -2.01. The maximum atomic E-state index is 13.5. The smallest absolute Gasteiger partial charge is 0.219 e. The molecule has 2 aromatic rings. The molecule has 1 heterocycles. The fraction of sp³-hybridized carbons (Fsp3) is 0.267. The van der Waals surface area contributed by atoms with Crippen molar-refractivity contribution in [3.05, 3.63) is 51.9 Å². The van der Waals surface area contributed by atoms with Crippen LogP contribution in [0.2, 0.25) is 0 Å². The molecule has 2 rings (SSSR count). The number of nitrogens with zero attached hydrogens (tertiary/aromatic N) is 1. The highest BCUT2D eigenvalue weighted by Crippen LogP contribution is 2.25. The van der Waals surface area contributed by atoms with Crippen molar-refractivity contribution >= 4 is 15.9 Å². The van der Waals surface area contributed by atoms with Crippen molar-refractivity contribution in [2.24, 2.45) is 5.73 Å². The van der Waals surface area contributed by atoms with Crippen molar-refractivity contribution in [2.45, 2.75) is 26.3 Å². The van der Waals surface area contributed by atoms with E-state index in [-0.39, 0.29) is 5.82 Å². The van der Waals surface area contributed by atoms with Crippen LogP contribution in [-0.4, -0.2) is 4.98 Å². The largest absolute Gasteiger partial charge is 0.439 e. The van der Waals surface area contributed by atoms with E-state index < -0.39 is 0 Å². The van der Waals surface area contributed by atoms with E-state index in [2.05, 4.69) is 27.8 Å². The molecule has 20 heavy (non-hydrogen) atoms. The first-order valence-corrected chi connectivity index (χ1v) is 7.24. The second-order valence-corrected chi connectivity index (χ2v) is 5.29. The van der Waals surface area contributed by atoms with Gasteiger partial charge in [0.1, 0.15) is 11.6 Å². The van der Waals surface area contributed by atoms with Crippen LogP contribution in [0.15, 0.2) is 34.8 Å². The number of ether oxygens (including phenoxy) is 1. The van der Waals surface area contributed by atoms with Crippen LogP contribution in [0.1, 0.15) is 24.6 Å². The van der Waals surface area contributed by atoms with Gasteiger partial charge < -0.3 is 10.5 Å². The van der Waals surface area contributed by atoms with Gasteiger partial charge in [-0.3, -0.25) is 0 Å². The molecular formula is C15H16BrFN2O. The Morgan fingerprint density at radius 1 is 1.30 bits per heavy atom. The predicted octanol–water partition coefficient (Wildman–Crippen LogP) is 4.19. The zero-order chi connectivity index (χ0) is 14.5. The summed E-state index contributed by atoms with van der Waals surface area (Å²) in [6.07, 6.45) is 1.85. The van der Waals surface area contributed by atoms with Gasteiger partial charge in [0.05, 0.1) is 4.47 Å². The van der Waals surface area contributed by atoms with E-state index in [1.54, 1.807) is 18.2 Å². The van der Waals surface area contributed by atoms with Gasteiger partial charge in [0.15, 0.2) is 0 Å². The third-order valence-electron chi connectivity index (χ3n) is 2.77. The maximum Gasteiger partial charge on any atom is 0.219 e. The highest BCUT2D eigenvalue weighted by atomic mass is 79.9. The molecule has 0 spiro atoms. The first-order chi connectivity index (χ1) is 9.62. The lowest BCUT2D eigenvalue weighted by atomic mass is 10.1. The molecule has 0 radical (unpaired) electrons. The van der Waals surface area contributed by atoms with Gasteiger partial charge >= 0.3 is 0 Å². The summed E-state index contributed by atoms with van der Waals surface area (Å²) in [5.41, 5.74) is 7.56. The second kappa shape index (κ2) is 6.81. The van der Waals surface area contributed by atoms with Gasteiger partial charge in [0.25, 0.3) is 0 Å². The first kappa shape index (κ1) is 14.9. The standard InChI is InChI=1S/C15H16BrFN2O/c1-2-3-11-6-10(9-18)7-15(19-11)20-12-4-5-13(16)14(17)8-12/h4-8H,2-3,9,18H2,1H3. The molecule has 0 amide bonds. The minimum atomic E-state index is -0.369. The van der Waals surface area contributed by atoms with E-state index in [0.29, 0.717) is 22.6 Å². The lowest BCUT2D eigenvalue weighted by Gasteiger charge is -2.09. The third-order valence-corrected chi connectivity index (χ3v) is 3.41. The van der Waals surface area contributed by atoms with Crippen molar-refractivity contribution in [3.63, 3.8) is 0 Å². The molecule has 0 fully saturated rings. The van der Waals surface area contributed by atoms with Gasteiger partial charge in [-0.2, -0.15) is 0 Å². The van der Waals surface area contributed by atoms with E-state index in [9.17, 15) is 4.39 Å². The fourth-order valence-corrected chi connectivity index (χ4v) is 2.08. The third kappa shape index (κ3) is 3.77. The Morgan fingerprint density at radius 3 is 2.75 bits per heavy atom. The molecule has 1 aromatic heterocycles. The van der Waals surface area contributed by atoms with Crippen LogP contribution in [0.4, 0.5) is 4.39 Å². The summed E-state index contributed by atoms with van der Waals surface area (Å²) in [6, 6.07) is 8.35. The Labute approximate surface area is 126 Å². The summed E-state index contributed by atoms with van der Waals surface area (Å²) in [7, 11) is 0. The monoisotopic (exact) mass is 338 g/mol. The highest BCUT2D eigenvalue weighted by Gasteiger charge is 2.06. The Balaban J connectivity index is 2.27. The molecule has 0 atom stereocenters. The Morgan fingerprint density at radius 2 is 2.10 bits per heavy atom. The van der Waals surface area contributed by atoms with E-state index >= 15 is 0 Å². The summed E-state index contributed by atoms with van der Waals surface area (Å²) in [5, 5.41) is 0. The zero-order valence-corrected chi connectivity index (χ0v) is 12.8. The van der Waals surface area contributed by atoms with Crippen molar-refractivity contribution in [3.8, 4) is 11.6 Å². The van der Waals surface area contributed by atoms with Gasteiger partial charge in [-0.05, 0) is 46.1 Å². The number of benzene rings is 1. The van der Waals surface area contributed by atoms with E-state index in [1.165, 1.54) is 6.07 Å². The van der Waals surface area contributed by atoms with Crippen LogP contribution in [0.3, 0.4) is 0 Å². The Hall–Kier alpha value is -1.46. The van der Waals surface area contributed by atoms with Gasteiger partial charge in [0.2, 0.25) is 5.88 Å². The number of hydrogen-bond donors (Lipinski definition) is 1. The number of aromatic nitrogens is 1. The second-order valence-electron chi connectivity index (χ2n) is 4.44. The SMILES string of the molecule is CCCc1cc(CN)cc(Oc2ccc(Br)c(F)c2)n1. The fourth-order valence-electron chi connectivity index (χ4n) is 1.84. The summed E-state index contributed by atoms with van der Waals surface area (Å²) in [4.78, 5) is 4.41. The van der Waals surface area contributed by atoms with Gasteiger partial charge in [-0.1, -0.05) is 13.3 Å². The van der Waals surface area contributed by atoms with Crippen LogP contribution in [-0.2, 0) is 13.0 Å². The predicted molar refractivity (Wildman–Crippen MR) is 80.3 cm³/mol. The summed E-state index contributed by atoms with van der Waals surface area (Å²) < 4.78 is 19.5. The Bertz CT molecular complexity index is 604. The molecule has 0 saturated heterocycles. The lowest BCUT2D eigenvalue weighted by molar-refractivity contribution is 0.454. The number of halogens is 2. The number of hydrogen-bond acceptors (Lipinski definition) is 3. The highest BCUT2D eigenvalue weighted by molar-refractivity contribution is 9.10. The molecule has 106 valence electrons. The number of pyridine rings is 1. The number of aryl methyl sites for hydroxylation is 1. The molecule has 2 N–H and O–H groups in total. The first-order valence-electron chi connectivity index (χ1n) is 6.45. The Kier molecular flexibility index (Phi) is 5.09. The van der Waals surface area contributed by atoms with Crippen LogP contribution in [0.5, 0.6) is 11.6 Å². The average molecular weight is 339 g/mol. The summed E-state index contributed by atoms with van der Waals surface area (Å²) in [5.74, 6) is 0.485. The van der Waals surface area contributed by atoms with E-state index in [0.717, 1.165) is 24.1 Å². The average Bonchev–Trinajstić information content (AvgIpc) is 2.43. The topological polar surface area (TPSA) is 48.1 Å². The number of rotatable bonds is 5. The molecule has 1 aromatic carbocycles. The molecule has 0 saturated carbocycles. The van der Waals surface area contributed by atoms with Crippen molar-refractivity contribution in [1.82, 2.24) is 4.98 Å². The van der Waals surface area contributed by atoms with Gasteiger partial charge in [-0.25, -0.2) is 9.37 Å². The normalized spacial score (nSPS) is 10.6.